The molecular weight excluding hydrogens is 314 g/mol. The minimum absolute atomic E-state index is 0.239. The van der Waals surface area contributed by atoms with Crippen LogP contribution in [0.5, 0.6) is 0 Å². The fraction of sp³-hybridized carbons (Fsp3) is 0.176. The minimum atomic E-state index is -1.11. The smallest absolute Gasteiger partial charge is 0.248 e. The van der Waals surface area contributed by atoms with Crippen molar-refractivity contribution < 1.29 is 13.8 Å². The summed E-state index contributed by atoms with van der Waals surface area (Å²) >= 11 is -1.11. The number of rotatable bonds is 4. The summed E-state index contributed by atoms with van der Waals surface area (Å²) in [6.45, 7) is 1.96. The Kier molecular flexibility index (Phi) is 4.11. The zero-order chi connectivity index (χ0) is 16.6. The highest BCUT2D eigenvalue weighted by Gasteiger charge is 2.15. The van der Waals surface area contributed by atoms with E-state index in [4.69, 9.17) is 10.2 Å². The third-order valence-corrected chi connectivity index (χ3v) is 5.14. The van der Waals surface area contributed by atoms with Crippen LogP contribution in [0, 0.1) is 0 Å². The first-order valence-electron chi connectivity index (χ1n) is 7.20. The first kappa shape index (κ1) is 15.6. The van der Waals surface area contributed by atoms with Crippen molar-refractivity contribution in [3.63, 3.8) is 0 Å². The largest absolute Gasteiger partial charge is 0.611 e. The van der Waals surface area contributed by atoms with Gasteiger partial charge >= 0.3 is 0 Å². The van der Waals surface area contributed by atoms with Crippen molar-refractivity contribution in [1.29, 1.82) is 0 Å². The van der Waals surface area contributed by atoms with Crippen molar-refractivity contribution in [2.24, 2.45) is 5.73 Å². The Morgan fingerprint density at radius 2 is 1.96 bits per heavy atom. The van der Waals surface area contributed by atoms with Gasteiger partial charge in [0.2, 0.25) is 11.3 Å². The standard InChI is InChI=1S/C17H15NO4S/c1-2-7-23(21)11-4-5-12-15(9-11)22-14-6-3-10(17(18)20)8-13(14)16(12)19/h3-6,8-9H,2,7H2,1H3,(H2,18,20). The first-order valence-corrected chi connectivity index (χ1v) is 8.52. The van der Waals surface area contributed by atoms with E-state index in [1.165, 1.54) is 12.1 Å². The van der Waals surface area contributed by atoms with Gasteiger partial charge in [-0.25, -0.2) is 0 Å². The molecular formula is C17H15NO4S. The second-order valence-corrected chi connectivity index (χ2v) is 6.78. The summed E-state index contributed by atoms with van der Waals surface area (Å²) < 4.78 is 17.8. The number of nitrogens with two attached hydrogens (primary N) is 1. The molecule has 1 aromatic heterocycles. The zero-order valence-electron chi connectivity index (χ0n) is 12.5. The van der Waals surface area contributed by atoms with Gasteiger partial charge in [-0.05, 0) is 47.9 Å². The van der Waals surface area contributed by atoms with Crippen LogP contribution in [0.25, 0.3) is 21.9 Å². The molecule has 5 nitrogen and oxygen atoms in total. The lowest BCUT2D eigenvalue weighted by Gasteiger charge is -2.09. The van der Waals surface area contributed by atoms with Crippen molar-refractivity contribution >= 4 is 39.0 Å². The van der Waals surface area contributed by atoms with Crippen LogP contribution in [0.4, 0.5) is 0 Å². The molecule has 1 heterocycles. The van der Waals surface area contributed by atoms with Crippen molar-refractivity contribution in [2.75, 3.05) is 5.75 Å². The zero-order valence-corrected chi connectivity index (χ0v) is 13.3. The summed E-state index contributed by atoms with van der Waals surface area (Å²) in [5.74, 6) is -0.0395. The lowest BCUT2D eigenvalue weighted by atomic mass is 10.1. The SMILES string of the molecule is CCC[S+]([O-])c1ccc2c(=O)c3cc(C(N)=O)ccc3oc2c1. The third-order valence-electron chi connectivity index (χ3n) is 3.58. The molecule has 1 amide bonds. The van der Waals surface area contributed by atoms with Gasteiger partial charge in [-0.15, -0.1) is 0 Å². The van der Waals surface area contributed by atoms with E-state index in [0.29, 0.717) is 32.6 Å². The number of primary amides is 1. The van der Waals surface area contributed by atoms with Gasteiger partial charge in [-0.3, -0.25) is 9.59 Å². The third kappa shape index (κ3) is 2.83. The Bertz CT molecular complexity index is 964. The highest BCUT2D eigenvalue weighted by atomic mass is 32.2. The Morgan fingerprint density at radius 3 is 2.65 bits per heavy atom. The second-order valence-electron chi connectivity index (χ2n) is 5.21. The molecule has 3 rings (SSSR count). The molecule has 1 atom stereocenters. The number of amides is 1. The van der Waals surface area contributed by atoms with E-state index in [0.717, 1.165) is 6.42 Å². The molecule has 0 spiro atoms. The summed E-state index contributed by atoms with van der Waals surface area (Å²) in [4.78, 5) is 24.5. The molecule has 0 saturated carbocycles. The Balaban J connectivity index is 2.23. The average molecular weight is 329 g/mol. The quantitative estimate of drug-likeness (QED) is 0.587. The number of benzene rings is 2. The van der Waals surface area contributed by atoms with Crippen LogP contribution in [-0.2, 0) is 11.2 Å². The Hall–Kier alpha value is -2.31. The van der Waals surface area contributed by atoms with E-state index in [9.17, 15) is 14.1 Å². The molecule has 2 aromatic carbocycles. The molecule has 2 N–H and O–H groups in total. The van der Waals surface area contributed by atoms with Crippen LogP contribution < -0.4 is 11.2 Å². The average Bonchev–Trinajstić information content (AvgIpc) is 2.54. The predicted octanol–water partition coefficient (Wildman–Crippen LogP) is 2.56. The van der Waals surface area contributed by atoms with Crippen LogP contribution in [0.15, 0.2) is 50.5 Å². The molecule has 0 bridgehead atoms. The minimum Gasteiger partial charge on any atom is -0.611 e. The van der Waals surface area contributed by atoms with Gasteiger partial charge in [0.15, 0.2) is 4.90 Å². The number of carbonyl (C=O) groups excluding carboxylic acids is 1. The molecule has 0 fully saturated rings. The number of carbonyl (C=O) groups is 1. The maximum Gasteiger partial charge on any atom is 0.248 e. The van der Waals surface area contributed by atoms with Crippen LogP contribution in [0.2, 0.25) is 0 Å². The van der Waals surface area contributed by atoms with E-state index in [1.807, 2.05) is 6.92 Å². The number of hydrogen-bond donors (Lipinski definition) is 1. The monoisotopic (exact) mass is 329 g/mol. The van der Waals surface area contributed by atoms with E-state index >= 15 is 0 Å². The van der Waals surface area contributed by atoms with E-state index in [1.54, 1.807) is 24.3 Å². The van der Waals surface area contributed by atoms with Crippen molar-refractivity contribution in [1.82, 2.24) is 0 Å². The summed E-state index contributed by atoms with van der Waals surface area (Å²) in [5.41, 5.74) is 6.01. The van der Waals surface area contributed by atoms with Crippen molar-refractivity contribution in [3.8, 4) is 0 Å². The summed E-state index contributed by atoms with van der Waals surface area (Å²) in [5, 5.41) is 0.688. The van der Waals surface area contributed by atoms with Gasteiger partial charge < -0.3 is 14.7 Å². The fourth-order valence-corrected chi connectivity index (χ4v) is 3.50. The van der Waals surface area contributed by atoms with Crippen LogP contribution >= 0.6 is 0 Å². The van der Waals surface area contributed by atoms with Gasteiger partial charge in [-0.1, -0.05) is 6.92 Å². The van der Waals surface area contributed by atoms with Gasteiger partial charge in [0.05, 0.1) is 10.8 Å². The molecule has 23 heavy (non-hydrogen) atoms. The summed E-state index contributed by atoms with van der Waals surface area (Å²) in [7, 11) is 0. The van der Waals surface area contributed by atoms with Crippen LogP contribution in [-0.4, -0.2) is 16.2 Å². The lowest BCUT2D eigenvalue weighted by Crippen LogP contribution is -2.12. The van der Waals surface area contributed by atoms with Crippen molar-refractivity contribution in [3.05, 3.63) is 52.2 Å². The highest BCUT2D eigenvalue weighted by Crippen LogP contribution is 2.23. The Labute approximate surface area is 135 Å². The summed E-state index contributed by atoms with van der Waals surface area (Å²) in [6, 6.07) is 9.43. The molecule has 0 aliphatic carbocycles. The van der Waals surface area contributed by atoms with Gasteiger partial charge in [0.1, 0.15) is 16.9 Å². The van der Waals surface area contributed by atoms with Crippen molar-refractivity contribution in [2.45, 2.75) is 18.2 Å². The summed E-state index contributed by atoms with van der Waals surface area (Å²) in [6.07, 6.45) is 0.808. The van der Waals surface area contributed by atoms with Gasteiger partial charge in [-0.2, -0.15) is 0 Å². The van der Waals surface area contributed by atoms with Gasteiger partial charge in [0.25, 0.3) is 0 Å². The second kappa shape index (κ2) is 6.06. The maximum absolute atomic E-state index is 12.6. The molecule has 3 aromatic rings. The fourth-order valence-electron chi connectivity index (χ4n) is 2.43. The lowest BCUT2D eigenvalue weighted by molar-refractivity contribution is 0.100. The van der Waals surface area contributed by atoms with Gasteiger partial charge in [0, 0.05) is 11.6 Å². The van der Waals surface area contributed by atoms with Crippen LogP contribution in [0.3, 0.4) is 0 Å². The molecule has 118 valence electrons. The molecule has 0 saturated heterocycles. The first-order chi connectivity index (χ1) is 11.0. The normalized spacial score (nSPS) is 12.6. The predicted molar refractivity (Wildman–Crippen MR) is 90.1 cm³/mol. The number of fused-ring (bicyclic) bond motifs is 2. The van der Waals surface area contributed by atoms with Crippen LogP contribution in [0.1, 0.15) is 23.7 Å². The van der Waals surface area contributed by atoms with E-state index in [2.05, 4.69) is 0 Å². The van der Waals surface area contributed by atoms with E-state index in [-0.39, 0.29) is 11.0 Å². The maximum atomic E-state index is 12.6. The highest BCUT2D eigenvalue weighted by molar-refractivity contribution is 7.91. The Morgan fingerprint density at radius 1 is 1.17 bits per heavy atom. The molecule has 0 aliphatic heterocycles. The molecule has 0 aliphatic rings. The molecule has 1 unspecified atom stereocenters. The molecule has 6 heteroatoms. The number of hydrogen-bond acceptors (Lipinski definition) is 4. The molecule has 0 radical (unpaired) electrons. The topological polar surface area (TPSA) is 96.4 Å². The van der Waals surface area contributed by atoms with E-state index < -0.39 is 17.1 Å².